The summed E-state index contributed by atoms with van der Waals surface area (Å²) in [6, 6.07) is 8.06. The van der Waals surface area contributed by atoms with Crippen molar-refractivity contribution >= 4 is 11.9 Å². The molecule has 5 rings (SSSR count). The largest absolute Gasteiger partial charge is 0.480 e. The standard InChI is InChI=1S/C21H25NO3/c23-19(16-12-21(16)10-9-13-5-1-3-7-15(13)21)22-17-8-4-2-6-14(17)11-18(22)20(24)25/h1,3,5,7,14,16-18H,2,4,6,8-12H2,(H,24,25). The summed E-state index contributed by atoms with van der Waals surface area (Å²) in [6.07, 6.45) is 8.02. The lowest BCUT2D eigenvalue weighted by molar-refractivity contribution is -0.150. The number of aryl methyl sites for hydroxylation is 1. The van der Waals surface area contributed by atoms with E-state index in [4.69, 9.17) is 0 Å². The summed E-state index contributed by atoms with van der Waals surface area (Å²) in [7, 11) is 0. The van der Waals surface area contributed by atoms with Gasteiger partial charge in [-0.25, -0.2) is 4.79 Å². The first-order chi connectivity index (χ1) is 12.1. The highest BCUT2D eigenvalue weighted by Gasteiger charge is 2.64. The van der Waals surface area contributed by atoms with Gasteiger partial charge in [-0.2, -0.15) is 0 Å². The second kappa shape index (κ2) is 5.33. The number of benzene rings is 1. The molecule has 3 fully saturated rings. The number of hydrogen-bond acceptors (Lipinski definition) is 2. The summed E-state index contributed by atoms with van der Waals surface area (Å²) in [6.45, 7) is 0. The lowest BCUT2D eigenvalue weighted by Gasteiger charge is -2.33. The average molecular weight is 339 g/mol. The molecule has 2 saturated carbocycles. The van der Waals surface area contributed by atoms with Crippen LogP contribution in [0.1, 0.15) is 56.1 Å². The van der Waals surface area contributed by atoms with Crippen molar-refractivity contribution in [3.05, 3.63) is 35.4 Å². The first-order valence-corrected chi connectivity index (χ1v) is 9.75. The van der Waals surface area contributed by atoms with Gasteiger partial charge in [-0.15, -0.1) is 0 Å². The van der Waals surface area contributed by atoms with E-state index in [1.165, 1.54) is 17.5 Å². The van der Waals surface area contributed by atoms with Crippen LogP contribution < -0.4 is 0 Å². The third-order valence-electron chi connectivity index (χ3n) is 7.40. The average Bonchev–Trinajstić information content (AvgIpc) is 3.04. The Bertz CT molecular complexity index is 744. The highest BCUT2D eigenvalue weighted by molar-refractivity contribution is 5.90. The van der Waals surface area contributed by atoms with Crippen LogP contribution in [0.3, 0.4) is 0 Å². The number of rotatable bonds is 2. The van der Waals surface area contributed by atoms with Gasteiger partial charge in [0.25, 0.3) is 0 Å². The molecule has 5 unspecified atom stereocenters. The molecule has 1 aromatic rings. The summed E-state index contributed by atoms with van der Waals surface area (Å²) in [5, 5.41) is 9.70. The van der Waals surface area contributed by atoms with Crippen molar-refractivity contribution in [1.29, 1.82) is 0 Å². The van der Waals surface area contributed by atoms with E-state index >= 15 is 0 Å². The lowest BCUT2D eigenvalue weighted by Crippen LogP contribution is -2.47. The van der Waals surface area contributed by atoms with Crippen molar-refractivity contribution in [1.82, 2.24) is 4.90 Å². The van der Waals surface area contributed by atoms with E-state index in [2.05, 4.69) is 24.3 Å². The van der Waals surface area contributed by atoms with Crippen molar-refractivity contribution in [2.45, 2.75) is 68.9 Å². The van der Waals surface area contributed by atoms with Gasteiger partial charge in [-0.3, -0.25) is 4.79 Å². The molecular weight excluding hydrogens is 314 g/mol. The second-order valence-electron chi connectivity index (χ2n) is 8.52. The molecule has 0 bridgehead atoms. The first kappa shape index (κ1) is 15.4. The maximum atomic E-state index is 13.4. The van der Waals surface area contributed by atoms with Crippen molar-refractivity contribution in [2.24, 2.45) is 11.8 Å². The zero-order valence-corrected chi connectivity index (χ0v) is 14.5. The second-order valence-corrected chi connectivity index (χ2v) is 8.52. The third kappa shape index (κ3) is 2.12. The van der Waals surface area contributed by atoms with Gasteiger partial charge in [0.1, 0.15) is 6.04 Å². The fourth-order valence-electron chi connectivity index (χ4n) is 6.10. The predicted molar refractivity (Wildman–Crippen MR) is 93.2 cm³/mol. The molecule has 4 heteroatoms. The summed E-state index contributed by atoms with van der Waals surface area (Å²) >= 11 is 0. The third-order valence-corrected chi connectivity index (χ3v) is 7.40. The SMILES string of the molecule is O=C(O)C1CC2CCCCC2N1C(=O)C1CC12CCc1ccccc12. The van der Waals surface area contributed by atoms with Crippen molar-refractivity contribution in [2.75, 3.05) is 0 Å². The van der Waals surface area contributed by atoms with Gasteiger partial charge in [0.15, 0.2) is 0 Å². The molecule has 1 aromatic carbocycles. The molecule has 5 atom stereocenters. The Balaban J connectivity index is 1.44. The molecule has 1 heterocycles. The number of carbonyl (C=O) groups excluding carboxylic acids is 1. The van der Waals surface area contributed by atoms with E-state index in [1.807, 2.05) is 4.90 Å². The van der Waals surface area contributed by atoms with Crippen molar-refractivity contribution < 1.29 is 14.7 Å². The van der Waals surface area contributed by atoms with Gasteiger partial charge >= 0.3 is 5.97 Å². The molecule has 1 amide bonds. The summed E-state index contributed by atoms with van der Waals surface area (Å²) in [5.41, 5.74) is 2.73. The topological polar surface area (TPSA) is 57.6 Å². The normalized spacial score (nSPS) is 38.5. The number of carboxylic acid groups (broad SMARTS) is 1. The van der Waals surface area contributed by atoms with Crippen LogP contribution in [-0.4, -0.2) is 34.0 Å². The Hall–Kier alpha value is -1.84. The van der Waals surface area contributed by atoms with Crippen LogP contribution in [0.25, 0.3) is 0 Å². The van der Waals surface area contributed by atoms with Gasteiger partial charge < -0.3 is 10.0 Å². The predicted octanol–water partition coefficient (Wildman–Crippen LogP) is 3.13. The Morgan fingerprint density at radius 3 is 2.80 bits per heavy atom. The molecular formula is C21H25NO3. The van der Waals surface area contributed by atoms with Gasteiger partial charge in [-0.1, -0.05) is 37.1 Å². The smallest absolute Gasteiger partial charge is 0.326 e. The zero-order valence-electron chi connectivity index (χ0n) is 14.5. The summed E-state index contributed by atoms with van der Waals surface area (Å²) in [5.74, 6) is -0.300. The molecule has 0 aromatic heterocycles. The van der Waals surface area contributed by atoms with E-state index in [0.29, 0.717) is 12.3 Å². The highest BCUT2D eigenvalue weighted by atomic mass is 16.4. The van der Waals surface area contributed by atoms with Crippen molar-refractivity contribution in [3.8, 4) is 0 Å². The first-order valence-electron chi connectivity index (χ1n) is 9.75. The number of likely N-dealkylation sites (tertiary alicyclic amines) is 1. The van der Waals surface area contributed by atoms with Crippen LogP contribution in [0.4, 0.5) is 0 Å². The molecule has 132 valence electrons. The fourth-order valence-corrected chi connectivity index (χ4v) is 6.10. The Morgan fingerprint density at radius 2 is 1.96 bits per heavy atom. The van der Waals surface area contributed by atoms with Crippen LogP contribution in [0, 0.1) is 11.8 Å². The van der Waals surface area contributed by atoms with Crippen LogP contribution >= 0.6 is 0 Å². The number of nitrogens with zero attached hydrogens (tertiary/aromatic N) is 1. The monoisotopic (exact) mass is 339 g/mol. The van der Waals surface area contributed by atoms with E-state index < -0.39 is 12.0 Å². The number of carboxylic acids is 1. The molecule has 1 aliphatic heterocycles. The van der Waals surface area contributed by atoms with Gasteiger partial charge in [-0.05, 0) is 55.6 Å². The minimum absolute atomic E-state index is 0.00123. The number of carbonyl (C=O) groups is 2. The van der Waals surface area contributed by atoms with Crippen LogP contribution in [0.2, 0.25) is 0 Å². The lowest BCUT2D eigenvalue weighted by atomic mass is 9.84. The van der Waals surface area contributed by atoms with E-state index in [0.717, 1.165) is 38.5 Å². The quantitative estimate of drug-likeness (QED) is 0.900. The van der Waals surface area contributed by atoms with Gasteiger partial charge in [0.2, 0.25) is 5.91 Å². The molecule has 3 aliphatic carbocycles. The summed E-state index contributed by atoms with van der Waals surface area (Å²) in [4.78, 5) is 27.0. The number of aliphatic carboxylic acids is 1. The van der Waals surface area contributed by atoms with Gasteiger partial charge in [0, 0.05) is 17.4 Å². The van der Waals surface area contributed by atoms with Crippen LogP contribution in [0.5, 0.6) is 0 Å². The molecule has 25 heavy (non-hydrogen) atoms. The van der Waals surface area contributed by atoms with Crippen LogP contribution in [0.15, 0.2) is 24.3 Å². The molecule has 1 N–H and O–H groups in total. The Labute approximate surface area is 148 Å². The molecule has 4 nitrogen and oxygen atoms in total. The zero-order chi connectivity index (χ0) is 17.2. The fraction of sp³-hybridized carbons (Fsp3) is 0.619. The van der Waals surface area contributed by atoms with Crippen LogP contribution in [-0.2, 0) is 21.4 Å². The van der Waals surface area contributed by atoms with E-state index in [-0.39, 0.29) is 23.3 Å². The number of hydrogen-bond donors (Lipinski definition) is 1. The maximum Gasteiger partial charge on any atom is 0.326 e. The van der Waals surface area contributed by atoms with E-state index in [1.54, 1.807) is 0 Å². The Kier molecular flexibility index (Phi) is 3.28. The molecule has 1 spiro atoms. The minimum atomic E-state index is -0.815. The Morgan fingerprint density at radius 1 is 1.16 bits per heavy atom. The summed E-state index contributed by atoms with van der Waals surface area (Å²) < 4.78 is 0. The number of fused-ring (bicyclic) bond motifs is 3. The van der Waals surface area contributed by atoms with Crippen molar-refractivity contribution in [3.63, 3.8) is 0 Å². The highest BCUT2D eigenvalue weighted by Crippen LogP contribution is 2.62. The maximum absolute atomic E-state index is 13.4. The molecule has 0 radical (unpaired) electrons. The number of amides is 1. The molecule has 4 aliphatic rings. The minimum Gasteiger partial charge on any atom is -0.480 e. The van der Waals surface area contributed by atoms with Gasteiger partial charge in [0.05, 0.1) is 0 Å². The van der Waals surface area contributed by atoms with E-state index in [9.17, 15) is 14.7 Å². The molecule has 1 saturated heterocycles.